The van der Waals surface area contributed by atoms with E-state index in [4.69, 9.17) is 5.73 Å². The van der Waals surface area contributed by atoms with Crippen molar-refractivity contribution < 1.29 is 4.79 Å². The number of hydrogen-bond acceptors (Lipinski definition) is 4. The Morgan fingerprint density at radius 2 is 2.06 bits per heavy atom. The lowest BCUT2D eigenvalue weighted by Gasteiger charge is -2.18. The van der Waals surface area contributed by atoms with Crippen LogP contribution in [0.2, 0.25) is 0 Å². The van der Waals surface area contributed by atoms with Gasteiger partial charge in [0.25, 0.3) is 5.91 Å². The van der Waals surface area contributed by atoms with E-state index in [1.54, 1.807) is 30.3 Å². The molecule has 1 heterocycles. The first-order valence-corrected chi connectivity index (χ1v) is 5.62. The van der Waals surface area contributed by atoms with Crippen LogP contribution in [-0.4, -0.2) is 54.9 Å². The van der Waals surface area contributed by atoms with Crippen LogP contribution in [0.4, 0.5) is 5.69 Å². The molecule has 0 spiro atoms. The molecule has 17 heavy (non-hydrogen) atoms. The predicted octanol–water partition coefficient (Wildman–Crippen LogP) is 0.687. The minimum Gasteiger partial charge on any atom is -0.399 e. The number of anilines is 1. The number of amides is 1. The van der Waals surface area contributed by atoms with Crippen LogP contribution in [0, 0.1) is 0 Å². The van der Waals surface area contributed by atoms with E-state index < -0.39 is 0 Å². The van der Waals surface area contributed by atoms with Gasteiger partial charge in [-0.3, -0.25) is 9.78 Å². The number of carbonyl (C=O) groups is 1. The molecule has 5 nitrogen and oxygen atoms in total. The standard InChI is InChI=1S/C12H20N4O/c1-15(2)7-4-8-16(3)12(17)11-9-10(13)5-6-14-11/h5-6,9H,4,7-8H2,1-3H3,(H2,13,14). The van der Waals surface area contributed by atoms with E-state index in [9.17, 15) is 4.79 Å². The summed E-state index contributed by atoms with van der Waals surface area (Å²) in [5, 5.41) is 0. The van der Waals surface area contributed by atoms with Crippen molar-refractivity contribution in [2.24, 2.45) is 0 Å². The Hall–Kier alpha value is -1.62. The zero-order chi connectivity index (χ0) is 12.8. The van der Waals surface area contributed by atoms with Gasteiger partial charge in [-0.2, -0.15) is 0 Å². The molecule has 1 amide bonds. The molecule has 5 heteroatoms. The fraction of sp³-hybridized carbons (Fsp3) is 0.500. The van der Waals surface area contributed by atoms with E-state index in [2.05, 4.69) is 9.88 Å². The highest BCUT2D eigenvalue weighted by Gasteiger charge is 2.12. The summed E-state index contributed by atoms with van der Waals surface area (Å²) in [4.78, 5) is 19.8. The molecule has 0 radical (unpaired) electrons. The first-order chi connectivity index (χ1) is 8.00. The van der Waals surface area contributed by atoms with Crippen molar-refractivity contribution in [1.82, 2.24) is 14.8 Å². The molecule has 0 bridgehead atoms. The highest BCUT2D eigenvalue weighted by Crippen LogP contribution is 2.05. The molecule has 94 valence electrons. The van der Waals surface area contributed by atoms with Crippen LogP contribution in [0.15, 0.2) is 18.3 Å². The zero-order valence-corrected chi connectivity index (χ0v) is 10.7. The molecule has 0 unspecified atom stereocenters. The summed E-state index contributed by atoms with van der Waals surface area (Å²) in [7, 11) is 5.81. The topological polar surface area (TPSA) is 62.5 Å². The molecule has 1 aromatic rings. The molecule has 0 fully saturated rings. The summed E-state index contributed by atoms with van der Waals surface area (Å²) < 4.78 is 0. The van der Waals surface area contributed by atoms with E-state index in [0.29, 0.717) is 17.9 Å². The number of nitrogens with zero attached hydrogens (tertiary/aromatic N) is 3. The van der Waals surface area contributed by atoms with Crippen LogP contribution in [0.3, 0.4) is 0 Å². The SMILES string of the molecule is CN(C)CCCN(C)C(=O)c1cc(N)ccn1. The van der Waals surface area contributed by atoms with Crippen molar-refractivity contribution in [3.05, 3.63) is 24.0 Å². The van der Waals surface area contributed by atoms with E-state index in [-0.39, 0.29) is 5.91 Å². The second kappa shape index (κ2) is 6.20. The van der Waals surface area contributed by atoms with Gasteiger partial charge in [0.05, 0.1) is 0 Å². The molecule has 1 rings (SSSR count). The van der Waals surface area contributed by atoms with Gasteiger partial charge in [-0.05, 0) is 39.2 Å². The van der Waals surface area contributed by atoms with Gasteiger partial charge in [0.15, 0.2) is 0 Å². The third-order valence-electron chi connectivity index (χ3n) is 2.45. The largest absolute Gasteiger partial charge is 0.399 e. The zero-order valence-electron chi connectivity index (χ0n) is 10.7. The normalized spacial score (nSPS) is 10.6. The summed E-state index contributed by atoms with van der Waals surface area (Å²) in [6.07, 6.45) is 2.49. The second-order valence-electron chi connectivity index (χ2n) is 4.36. The van der Waals surface area contributed by atoms with Crippen LogP contribution in [0.5, 0.6) is 0 Å². The molecule has 1 aromatic heterocycles. The summed E-state index contributed by atoms with van der Waals surface area (Å²) >= 11 is 0. The van der Waals surface area contributed by atoms with Crippen molar-refractivity contribution in [1.29, 1.82) is 0 Å². The molecule has 0 aliphatic carbocycles. The van der Waals surface area contributed by atoms with E-state index in [1.165, 1.54) is 0 Å². The van der Waals surface area contributed by atoms with Crippen molar-refractivity contribution in [3.63, 3.8) is 0 Å². The molecule has 0 aliphatic heterocycles. The number of rotatable bonds is 5. The maximum atomic E-state index is 12.0. The number of hydrogen-bond donors (Lipinski definition) is 1. The lowest BCUT2D eigenvalue weighted by Crippen LogP contribution is -2.30. The fourth-order valence-electron chi connectivity index (χ4n) is 1.49. The van der Waals surface area contributed by atoms with Crippen molar-refractivity contribution in [2.75, 3.05) is 40.0 Å². The third kappa shape index (κ3) is 4.40. The van der Waals surface area contributed by atoms with Gasteiger partial charge in [0.2, 0.25) is 0 Å². The van der Waals surface area contributed by atoms with Crippen LogP contribution in [0.25, 0.3) is 0 Å². The minimum absolute atomic E-state index is 0.0870. The number of nitrogens with two attached hydrogens (primary N) is 1. The average molecular weight is 236 g/mol. The summed E-state index contributed by atoms with van der Waals surface area (Å²) in [6.45, 7) is 1.68. The van der Waals surface area contributed by atoms with E-state index >= 15 is 0 Å². The van der Waals surface area contributed by atoms with Crippen LogP contribution < -0.4 is 5.73 Å². The molecule has 2 N–H and O–H groups in total. The fourth-order valence-corrected chi connectivity index (χ4v) is 1.49. The van der Waals surface area contributed by atoms with Gasteiger partial charge in [-0.15, -0.1) is 0 Å². The quantitative estimate of drug-likeness (QED) is 0.817. The Labute approximate surface area is 102 Å². The monoisotopic (exact) mass is 236 g/mol. The Balaban J connectivity index is 2.52. The Kier molecular flexibility index (Phi) is 4.90. The lowest BCUT2D eigenvalue weighted by atomic mass is 10.3. The maximum Gasteiger partial charge on any atom is 0.272 e. The van der Waals surface area contributed by atoms with E-state index in [1.807, 2.05) is 14.1 Å². The maximum absolute atomic E-state index is 12.0. The van der Waals surface area contributed by atoms with E-state index in [0.717, 1.165) is 13.0 Å². The molecular weight excluding hydrogens is 216 g/mol. The highest BCUT2D eigenvalue weighted by molar-refractivity contribution is 5.92. The van der Waals surface area contributed by atoms with Crippen molar-refractivity contribution in [2.45, 2.75) is 6.42 Å². The van der Waals surface area contributed by atoms with Gasteiger partial charge in [0, 0.05) is 25.5 Å². The smallest absolute Gasteiger partial charge is 0.272 e. The van der Waals surface area contributed by atoms with Gasteiger partial charge in [0.1, 0.15) is 5.69 Å². The van der Waals surface area contributed by atoms with Gasteiger partial charge in [-0.25, -0.2) is 0 Å². The first-order valence-electron chi connectivity index (χ1n) is 5.62. The summed E-state index contributed by atoms with van der Waals surface area (Å²) in [6, 6.07) is 3.27. The average Bonchev–Trinajstić information content (AvgIpc) is 2.27. The third-order valence-corrected chi connectivity index (χ3v) is 2.45. The second-order valence-corrected chi connectivity index (χ2v) is 4.36. The Morgan fingerprint density at radius 3 is 2.65 bits per heavy atom. The first kappa shape index (κ1) is 13.4. The number of pyridine rings is 1. The van der Waals surface area contributed by atoms with Crippen LogP contribution >= 0.6 is 0 Å². The Bertz CT molecular complexity index is 379. The van der Waals surface area contributed by atoms with Crippen molar-refractivity contribution in [3.8, 4) is 0 Å². The summed E-state index contributed by atoms with van der Waals surface area (Å²) in [5.74, 6) is -0.0870. The molecular formula is C12H20N4O. The molecule has 0 aromatic carbocycles. The van der Waals surface area contributed by atoms with Crippen molar-refractivity contribution >= 4 is 11.6 Å². The van der Waals surface area contributed by atoms with Gasteiger partial charge in [-0.1, -0.05) is 0 Å². The molecule has 0 saturated heterocycles. The van der Waals surface area contributed by atoms with Gasteiger partial charge < -0.3 is 15.5 Å². The molecule has 0 atom stereocenters. The van der Waals surface area contributed by atoms with Gasteiger partial charge >= 0.3 is 0 Å². The minimum atomic E-state index is -0.0870. The molecule has 0 aliphatic rings. The lowest BCUT2D eigenvalue weighted by molar-refractivity contribution is 0.0785. The molecule has 0 saturated carbocycles. The van der Waals surface area contributed by atoms with Crippen LogP contribution in [-0.2, 0) is 0 Å². The highest BCUT2D eigenvalue weighted by atomic mass is 16.2. The number of carbonyl (C=O) groups excluding carboxylic acids is 1. The summed E-state index contributed by atoms with van der Waals surface area (Å²) in [5.41, 5.74) is 6.58. The predicted molar refractivity (Wildman–Crippen MR) is 68.8 cm³/mol. The Morgan fingerprint density at radius 1 is 1.35 bits per heavy atom. The van der Waals surface area contributed by atoms with Crippen LogP contribution in [0.1, 0.15) is 16.9 Å². The number of aromatic nitrogens is 1. The number of nitrogen functional groups attached to an aromatic ring is 1.